The zero-order valence-corrected chi connectivity index (χ0v) is 53.6. The molecule has 2 saturated heterocycles. The summed E-state index contributed by atoms with van der Waals surface area (Å²) in [6.45, 7) is 1.79. The molecule has 90 heavy (non-hydrogen) atoms. The summed E-state index contributed by atoms with van der Waals surface area (Å²) >= 11 is 2.78. The number of aromatic nitrogens is 1. The Morgan fingerprint density at radius 2 is 1.42 bits per heavy atom. The van der Waals surface area contributed by atoms with E-state index in [0.29, 0.717) is 37.6 Å². The van der Waals surface area contributed by atoms with Crippen molar-refractivity contribution in [2.75, 3.05) is 30.4 Å². The van der Waals surface area contributed by atoms with Crippen molar-refractivity contribution >= 4 is 120 Å². The number of hydrogen-bond donors (Lipinski definition) is 18. The van der Waals surface area contributed by atoms with Gasteiger partial charge in [-0.25, -0.2) is 4.79 Å². The summed E-state index contributed by atoms with van der Waals surface area (Å²) in [7, 11) is 1.69. The topological polar surface area (TPSA) is 463 Å². The van der Waals surface area contributed by atoms with Crippen molar-refractivity contribution < 1.29 is 88.7 Å². The SMILES string of the molecule is C[C@@H](O)[C@@H]1NC(=O)[C@H](CCCCN)NC(=O)[C@@H](Cc2c[nH]c3ccccc23)NC(=O)[C@H](Cc2ccc(O)c(I)c2)NC(=O)[C@@H](NC(=O)[C@@H](Cc2ccccc2)NC(=O)CCS[C@@H]2O[C@H](CO)[C@H](O)[C@H](O)[C@H]2O)CSSC[C@@H](C(=O)N[C@@H](C(=O)O)[C@@H](C)O)NC1=O. The van der Waals surface area contributed by atoms with Crippen LogP contribution in [-0.2, 0) is 67.2 Å². The second-order valence-corrected chi connectivity index (χ2v) is 26.6. The van der Waals surface area contributed by atoms with Gasteiger partial charge in [0.1, 0.15) is 77.9 Å². The number of para-hydroxylation sites is 1. The molecular formula is C58H77IN10O18S3. The number of carboxylic acid groups (broad SMARTS) is 1. The molecule has 0 unspecified atom stereocenters. The normalized spacial score (nSPS) is 25.6. The summed E-state index contributed by atoms with van der Waals surface area (Å²) in [4.78, 5) is 132. The molecule has 19 N–H and O–H groups in total. The number of fused-ring (bicyclic) bond motifs is 1. The summed E-state index contributed by atoms with van der Waals surface area (Å²) in [5.41, 5.74) is 6.87. The summed E-state index contributed by atoms with van der Waals surface area (Å²) < 4.78 is 5.94. The van der Waals surface area contributed by atoms with Crippen LogP contribution < -0.4 is 48.3 Å². The Hall–Kier alpha value is -6.31. The van der Waals surface area contributed by atoms with E-state index in [4.69, 9.17) is 10.5 Å². The Morgan fingerprint density at radius 1 is 0.767 bits per heavy atom. The van der Waals surface area contributed by atoms with Gasteiger partial charge in [0.25, 0.3) is 0 Å². The lowest BCUT2D eigenvalue weighted by Crippen LogP contribution is -2.62. The predicted octanol–water partition coefficient (Wildman–Crippen LogP) is -2.32. The lowest BCUT2D eigenvalue weighted by atomic mass is 10.0. The molecule has 8 amide bonds. The van der Waals surface area contributed by atoms with Crippen LogP contribution in [0.3, 0.4) is 0 Å². The van der Waals surface area contributed by atoms with Crippen molar-refractivity contribution in [3.8, 4) is 5.75 Å². The molecule has 2 aliphatic rings. The lowest BCUT2D eigenvalue weighted by Gasteiger charge is -2.39. The second kappa shape index (κ2) is 35.5. The first-order valence-electron chi connectivity index (χ1n) is 28.8. The number of rotatable bonds is 23. The number of nitrogens with one attached hydrogen (secondary N) is 9. The first-order chi connectivity index (χ1) is 42.9. The van der Waals surface area contributed by atoms with Crippen LogP contribution in [0, 0.1) is 3.57 Å². The molecule has 0 bridgehead atoms. The van der Waals surface area contributed by atoms with Crippen molar-refractivity contribution in [1.29, 1.82) is 0 Å². The van der Waals surface area contributed by atoms with E-state index in [1.807, 2.05) is 22.6 Å². The van der Waals surface area contributed by atoms with Crippen molar-refractivity contribution in [3.05, 3.63) is 99.3 Å². The van der Waals surface area contributed by atoms with Crippen LogP contribution in [0.15, 0.2) is 79.0 Å². The number of carboxylic acids is 1. The minimum atomic E-state index is -1.89. The maximum atomic E-state index is 15.1. The first-order valence-corrected chi connectivity index (χ1v) is 33.4. The fourth-order valence-corrected chi connectivity index (χ4v) is 13.7. The second-order valence-electron chi connectivity index (χ2n) is 21.6. The average molecular weight is 1430 g/mol. The van der Waals surface area contributed by atoms with Gasteiger partial charge in [-0.1, -0.05) is 76.2 Å². The highest BCUT2D eigenvalue weighted by atomic mass is 127. The van der Waals surface area contributed by atoms with Crippen molar-refractivity contribution in [3.63, 3.8) is 0 Å². The maximum Gasteiger partial charge on any atom is 0.328 e. The molecule has 4 aromatic rings. The molecule has 0 saturated carbocycles. The maximum absolute atomic E-state index is 15.1. The Bertz CT molecular complexity index is 3120. The number of halogens is 1. The minimum absolute atomic E-state index is 0.0555. The molecular weight excluding hydrogens is 1350 g/mol. The fraction of sp³-hybridized carbons (Fsp3) is 0.500. The Balaban J connectivity index is 1.40. The number of aliphatic hydroxyl groups is 6. The lowest BCUT2D eigenvalue weighted by molar-refractivity contribution is -0.205. The third-order valence-electron chi connectivity index (χ3n) is 14.7. The van der Waals surface area contributed by atoms with E-state index in [0.717, 1.165) is 40.3 Å². The number of H-pyrrole nitrogens is 1. The van der Waals surface area contributed by atoms with Gasteiger partial charge < -0.3 is 98.8 Å². The number of aliphatic carboxylic acids is 1. The fourth-order valence-electron chi connectivity index (χ4n) is 9.66. The molecule has 0 spiro atoms. The van der Waals surface area contributed by atoms with E-state index in [1.54, 1.807) is 66.9 Å². The highest BCUT2D eigenvalue weighted by Crippen LogP contribution is 2.30. The number of phenolic OH excluding ortho intramolecular Hbond substituents is 1. The minimum Gasteiger partial charge on any atom is -0.507 e. The molecule has 32 heteroatoms. The summed E-state index contributed by atoms with van der Waals surface area (Å²) in [5.74, 6) is -10.3. The number of aromatic amines is 1. The van der Waals surface area contributed by atoms with Crippen molar-refractivity contribution in [1.82, 2.24) is 47.5 Å². The number of amides is 8. The molecule has 492 valence electrons. The van der Waals surface area contributed by atoms with Crippen LogP contribution in [0.4, 0.5) is 0 Å². The van der Waals surface area contributed by atoms with Crippen LogP contribution in [0.1, 0.15) is 56.2 Å². The van der Waals surface area contributed by atoms with Gasteiger partial charge in [-0.2, -0.15) is 0 Å². The van der Waals surface area contributed by atoms with E-state index < -0.39 is 162 Å². The van der Waals surface area contributed by atoms with Gasteiger partial charge in [-0.05, 0) is 97.1 Å². The number of benzene rings is 3. The Morgan fingerprint density at radius 3 is 2.09 bits per heavy atom. The largest absolute Gasteiger partial charge is 0.507 e. The molecule has 2 fully saturated rings. The van der Waals surface area contributed by atoms with E-state index in [2.05, 4.69) is 47.5 Å². The molecule has 3 heterocycles. The molecule has 1 aromatic heterocycles. The Kier molecular flexibility index (Phi) is 28.7. The van der Waals surface area contributed by atoms with Gasteiger partial charge in [0, 0.05) is 60.0 Å². The Labute approximate surface area is 543 Å². The van der Waals surface area contributed by atoms with E-state index in [-0.39, 0.29) is 56.6 Å². The van der Waals surface area contributed by atoms with Gasteiger partial charge in [-0.3, -0.25) is 38.4 Å². The number of aromatic hydroxyl groups is 1. The smallest absolute Gasteiger partial charge is 0.328 e. The van der Waals surface area contributed by atoms with Gasteiger partial charge in [-0.15, -0.1) is 11.8 Å². The van der Waals surface area contributed by atoms with Gasteiger partial charge in [0.15, 0.2) is 6.04 Å². The predicted molar refractivity (Wildman–Crippen MR) is 342 cm³/mol. The highest BCUT2D eigenvalue weighted by Gasteiger charge is 2.44. The number of ether oxygens (including phenoxy) is 1. The number of hydrogen-bond acceptors (Lipinski definition) is 21. The number of aliphatic hydroxyl groups excluding tert-OH is 6. The van der Waals surface area contributed by atoms with Gasteiger partial charge >= 0.3 is 5.97 Å². The number of thioether (sulfide) groups is 1. The third-order valence-corrected chi connectivity index (χ3v) is 19.2. The summed E-state index contributed by atoms with van der Waals surface area (Å²) in [6.07, 6.45) is -8.10. The number of nitrogens with two attached hydrogens (primary N) is 1. The van der Waals surface area contributed by atoms with Gasteiger partial charge in [0.2, 0.25) is 47.3 Å². The van der Waals surface area contributed by atoms with Crippen LogP contribution >= 0.6 is 55.9 Å². The standard InChI is InChI=1S/C58H77IN10O18S3/c1-28(71)45-56(84)67-41(55(83)69-46(29(2)72)57(85)86)27-90-89-26-40(66-51(79)37(21-30-10-4-3-5-11-30)62-44(74)17-19-88-58-49(77)48(76)47(75)43(25-70)87-58)54(82)64-38(22-31-15-16-42(73)34(59)20-31)52(80)65-39(23-32-24-61-35-13-7-6-12-33(32)35)53(81)63-36(50(78)68-45)14-8-9-18-60/h3-7,10-13,15-16,20,24,28-29,36-41,43,45-49,58,61,70-73,75-77H,8-9,14,17-19,21-23,25-27,60H2,1-2H3,(H,62,74)(H,63,81)(H,64,82)(H,65,80)(H,66,79)(H,67,84)(H,68,78)(H,69,83)(H,85,86)/t28-,29-,36+,37-,38+,39-,40+,41+,43-,45+,46-,47+,48+,49-,58+/m1/s1. The molecule has 15 atom stereocenters. The number of unbranched alkanes of at least 4 members (excludes halogenated alkanes) is 1. The zero-order valence-electron chi connectivity index (χ0n) is 49.0. The monoisotopic (exact) mass is 1420 g/mol. The quantitative estimate of drug-likeness (QED) is 0.0211. The molecule has 6 rings (SSSR count). The molecule has 0 radical (unpaired) electrons. The number of carbonyl (C=O) groups excluding carboxylic acids is 8. The average Bonchev–Trinajstić information content (AvgIpc) is 2.52. The summed E-state index contributed by atoms with van der Waals surface area (Å²) in [6, 6.07) is 7.06. The molecule has 0 aliphatic carbocycles. The number of carbonyl (C=O) groups is 9. The van der Waals surface area contributed by atoms with E-state index in [1.165, 1.54) is 19.1 Å². The molecule has 28 nitrogen and oxygen atoms in total. The number of phenols is 1. The van der Waals surface area contributed by atoms with Crippen LogP contribution in [0.2, 0.25) is 0 Å². The highest BCUT2D eigenvalue weighted by molar-refractivity contribution is 14.1. The first kappa shape index (κ1) is 72.7. The summed E-state index contributed by atoms with van der Waals surface area (Å²) in [5, 5.41) is 104. The molecule has 2 aliphatic heterocycles. The van der Waals surface area contributed by atoms with E-state index in [9.17, 15) is 74.4 Å². The van der Waals surface area contributed by atoms with Crippen molar-refractivity contribution in [2.24, 2.45) is 5.73 Å². The van der Waals surface area contributed by atoms with Gasteiger partial charge in [0.05, 0.1) is 22.4 Å². The zero-order chi connectivity index (χ0) is 65.8. The van der Waals surface area contributed by atoms with Crippen LogP contribution in [-0.4, -0.2) is 220 Å². The molecule has 3 aromatic carbocycles. The third kappa shape index (κ3) is 21.1. The van der Waals surface area contributed by atoms with Crippen LogP contribution in [0.25, 0.3) is 10.9 Å². The van der Waals surface area contributed by atoms with E-state index >= 15 is 9.59 Å². The van der Waals surface area contributed by atoms with Crippen LogP contribution in [0.5, 0.6) is 5.75 Å². The van der Waals surface area contributed by atoms with Crippen molar-refractivity contribution in [2.45, 2.75) is 149 Å².